The van der Waals surface area contributed by atoms with Crippen LogP contribution in [-0.2, 0) is 19.9 Å². The number of halogens is 3. The molecule has 1 fully saturated rings. The molecule has 10 heteroatoms. The summed E-state index contributed by atoms with van der Waals surface area (Å²) in [4.78, 5) is -0.101. The van der Waals surface area contributed by atoms with Gasteiger partial charge in [-0.3, -0.25) is 0 Å². The van der Waals surface area contributed by atoms with Gasteiger partial charge in [-0.1, -0.05) is 40.9 Å². The summed E-state index contributed by atoms with van der Waals surface area (Å²) in [6.07, 6.45) is 0. The Labute approximate surface area is 161 Å². The fourth-order valence-corrected chi connectivity index (χ4v) is 7.06. The van der Waals surface area contributed by atoms with E-state index in [4.69, 9.17) is 34.8 Å². The van der Waals surface area contributed by atoms with Crippen LogP contribution in [0.4, 0.5) is 0 Å². The first-order valence-corrected chi connectivity index (χ1v) is 11.2. The molecule has 0 aromatic heterocycles. The van der Waals surface area contributed by atoms with Crippen LogP contribution in [0, 0.1) is 0 Å². The second-order valence-electron chi connectivity index (χ2n) is 5.49. The molecule has 134 valence electrons. The van der Waals surface area contributed by atoms with Gasteiger partial charge >= 0.3 is 0 Å². The Bertz CT molecular complexity index is 995. The van der Waals surface area contributed by atoms with Crippen LogP contribution in [0.15, 0.2) is 52.3 Å². The van der Waals surface area contributed by atoms with Crippen molar-refractivity contribution in [2.75, 3.05) is 13.1 Å². The van der Waals surface area contributed by atoms with E-state index in [-0.39, 0.29) is 32.9 Å². The third-order valence-electron chi connectivity index (χ3n) is 3.91. The summed E-state index contributed by atoms with van der Waals surface area (Å²) in [6.45, 7) is -0.316. The van der Waals surface area contributed by atoms with Gasteiger partial charge in [0.25, 0.3) is 0 Å². The van der Waals surface area contributed by atoms with Crippen LogP contribution in [0.1, 0.15) is 0 Å². The van der Waals surface area contributed by atoms with Gasteiger partial charge < -0.3 is 0 Å². The molecule has 0 spiro atoms. The number of benzene rings is 2. The van der Waals surface area contributed by atoms with Crippen molar-refractivity contribution in [3.63, 3.8) is 0 Å². The van der Waals surface area contributed by atoms with Crippen LogP contribution in [0.3, 0.4) is 0 Å². The van der Waals surface area contributed by atoms with Gasteiger partial charge in [0.1, 0.15) is 4.90 Å². The molecule has 2 aromatic carbocycles. The fourth-order valence-electron chi connectivity index (χ4n) is 2.47. The summed E-state index contributed by atoms with van der Waals surface area (Å²) in [7, 11) is -7.61. The summed E-state index contributed by atoms with van der Waals surface area (Å²) >= 11 is 17.7. The Balaban J connectivity index is 1.83. The van der Waals surface area contributed by atoms with E-state index < -0.39 is 25.1 Å². The molecule has 3 rings (SSSR count). The van der Waals surface area contributed by atoms with E-state index in [0.717, 1.165) is 4.31 Å². The van der Waals surface area contributed by atoms with Crippen molar-refractivity contribution in [2.45, 2.75) is 15.0 Å². The second kappa shape index (κ2) is 6.72. The first-order chi connectivity index (χ1) is 11.6. The van der Waals surface area contributed by atoms with Gasteiger partial charge in [-0.15, -0.1) is 0 Å². The maximum atomic E-state index is 12.7. The Morgan fingerprint density at radius 3 is 1.88 bits per heavy atom. The molecule has 0 radical (unpaired) electrons. The van der Waals surface area contributed by atoms with Gasteiger partial charge in [0.15, 0.2) is 9.84 Å². The number of rotatable bonds is 4. The Hall–Kier alpha value is -0.830. The minimum absolute atomic E-state index is 0.00323. The molecule has 0 saturated carbocycles. The lowest BCUT2D eigenvalue weighted by atomic mass is 10.3. The van der Waals surface area contributed by atoms with Crippen LogP contribution in [0.25, 0.3) is 0 Å². The molecule has 0 atom stereocenters. The van der Waals surface area contributed by atoms with Crippen molar-refractivity contribution >= 4 is 54.7 Å². The zero-order valence-electron chi connectivity index (χ0n) is 12.6. The minimum Gasteiger partial charge on any atom is -0.223 e. The molecule has 0 bridgehead atoms. The van der Waals surface area contributed by atoms with E-state index in [1.54, 1.807) is 0 Å². The molecule has 2 aromatic rings. The molecular formula is C15H12Cl3NO4S2. The SMILES string of the molecule is O=S(=O)(c1ccc(Cl)cc1)C1CN(S(=O)(=O)c2c(Cl)cccc2Cl)C1. The largest absolute Gasteiger partial charge is 0.246 e. The fraction of sp³-hybridized carbons (Fsp3) is 0.200. The molecular weight excluding hydrogens is 429 g/mol. The third-order valence-corrected chi connectivity index (χ3v) is 9.06. The Morgan fingerprint density at radius 1 is 0.840 bits per heavy atom. The van der Waals surface area contributed by atoms with Crippen LogP contribution < -0.4 is 0 Å². The molecule has 0 aliphatic carbocycles. The Morgan fingerprint density at radius 2 is 1.36 bits per heavy atom. The van der Waals surface area contributed by atoms with E-state index >= 15 is 0 Å². The second-order valence-corrected chi connectivity index (χ2v) is 10.8. The molecule has 1 aliphatic rings. The molecule has 0 N–H and O–H groups in total. The van der Waals surface area contributed by atoms with Crippen LogP contribution in [0.2, 0.25) is 15.1 Å². The highest BCUT2D eigenvalue weighted by Gasteiger charge is 2.45. The maximum absolute atomic E-state index is 12.7. The predicted octanol–water partition coefficient (Wildman–Crippen LogP) is 3.49. The van der Waals surface area contributed by atoms with Crippen molar-refractivity contribution in [1.29, 1.82) is 0 Å². The van der Waals surface area contributed by atoms with E-state index in [1.807, 2.05) is 0 Å². The van der Waals surface area contributed by atoms with E-state index in [9.17, 15) is 16.8 Å². The molecule has 0 amide bonds. The molecule has 5 nitrogen and oxygen atoms in total. The number of sulfonamides is 1. The monoisotopic (exact) mass is 439 g/mol. The summed E-state index contributed by atoms with van der Waals surface area (Å²) < 4.78 is 51.5. The van der Waals surface area contributed by atoms with Gasteiger partial charge in [-0.05, 0) is 36.4 Å². The standard InChI is InChI=1S/C15H12Cl3NO4S2/c16-10-4-6-11(7-5-10)24(20,21)12-8-19(9-12)25(22,23)15-13(17)2-1-3-14(15)18/h1-7,12H,8-9H2. The minimum atomic E-state index is -3.96. The first kappa shape index (κ1) is 18.9. The lowest BCUT2D eigenvalue weighted by Gasteiger charge is -2.37. The smallest absolute Gasteiger partial charge is 0.223 e. The highest BCUT2D eigenvalue weighted by Crippen LogP contribution is 2.35. The predicted molar refractivity (Wildman–Crippen MR) is 97.6 cm³/mol. The summed E-state index contributed by atoms with van der Waals surface area (Å²) in [5.74, 6) is 0. The Kier molecular flexibility index (Phi) is 5.09. The maximum Gasteiger partial charge on any atom is 0.246 e. The quantitative estimate of drug-likeness (QED) is 0.729. The van der Waals surface area contributed by atoms with Gasteiger partial charge in [-0.25, -0.2) is 16.8 Å². The van der Waals surface area contributed by atoms with Crippen LogP contribution in [0.5, 0.6) is 0 Å². The highest BCUT2D eigenvalue weighted by atomic mass is 35.5. The van der Waals surface area contributed by atoms with Gasteiger partial charge in [0.2, 0.25) is 10.0 Å². The molecule has 25 heavy (non-hydrogen) atoms. The number of hydrogen-bond donors (Lipinski definition) is 0. The average molecular weight is 441 g/mol. The zero-order chi connectivity index (χ0) is 18.4. The lowest BCUT2D eigenvalue weighted by molar-refractivity contribution is 0.309. The van der Waals surface area contributed by atoms with E-state index in [1.165, 1.54) is 42.5 Å². The van der Waals surface area contributed by atoms with Gasteiger partial charge in [0, 0.05) is 18.1 Å². The van der Waals surface area contributed by atoms with Gasteiger partial charge in [-0.2, -0.15) is 4.31 Å². The van der Waals surface area contributed by atoms with Crippen molar-refractivity contribution in [1.82, 2.24) is 4.31 Å². The lowest BCUT2D eigenvalue weighted by Crippen LogP contribution is -2.56. The summed E-state index contributed by atoms with van der Waals surface area (Å²) in [5.41, 5.74) is 0. The van der Waals surface area contributed by atoms with Gasteiger partial charge in [0.05, 0.1) is 20.2 Å². The van der Waals surface area contributed by atoms with Crippen LogP contribution in [-0.4, -0.2) is 39.5 Å². The number of sulfone groups is 1. The van der Waals surface area contributed by atoms with Crippen molar-refractivity contribution in [2.24, 2.45) is 0 Å². The first-order valence-electron chi connectivity index (χ1n) is 7.07. The van der Waals surface area contributed by atoms with Crippen molar-refractivity contribution < 1.29 is 16.8 Å². The average Bonchev–Trinajstić information content (AvgIpc) is 2.44. The molecule has 0 unspecified atom stereocenters. The number of hydrogen-bond acceptors (Lipinski definition) is 4. The van der Waals surface area contributed by atoms with E-state index in [2.05, 4.69) is 0 Å². The highest BCUT2D eigenvalue weighted by molar-refractivity contribution is 7.92. The molecule has 1 aliphatic heterocycles. The zero-order valence-corrected chi connectivity index (χ0v) is 16.5. The topological polar surface area (TPSA) is 71.5 Å². The third kappa shape index (κ3) is 3.41. The normalized spacial score (nSPS) is 16.6. The van der Waals surface area contributed by atoms with Crippen molar-refractivity contribution in [3.05, 3.63) is 57.5 Å². The summed E-state index contributed by atoms with van der Waals surface area (Å²) in [6, 6.07) is 10.1. The van der Waals surface area contributed by atoms with E-state index in [0.29, 0.717) is 5.02 Å². The molecule has 1 heterocycles. The molecule has 1 saturated heterocycles. The summed E-state index contributed by atoms with van der Waals surface area (Å²) in [5, 5.41) is -0.414. The van der Waals surface area contributed by atoms with Crippen molar-refractivity contribution in [3.8, 4) is 0 Å². The number of nitrogens with zero attached hydrogens (tertiary/aromatic N) is 1. The van der Waals surface area contributed by atoms with Crippen LogP contribution >= 0.6 is 34.8 Å².